The Kier molecular flexibility index (Phi) is 4.01. The summed E-state index contributed by atoms with van der Waals surface area (Å²) < 4.78 is 14.0. The zero-order valence-electron chi connectivity index (χ0n) is 11.0. The molecule has 2 nitrogen and oxygen atoms in total. The van der Waals surface area contributed by atoms with Crippen molar-refractivity contribution < 1.29 is 4.39 Å². The van der Waals surface area contributed by atoms with Gasteiger partial charge < -0.3 is 5.73 Å². The monoisotopic (exact) mass is 318 g/mol. The molecule has 21 heavy (non-hydrogen) atoms. The van der Waals surface area contributed by atoms with Crippen molar-refractivity contribution in [2.75, 3.05) is 0 Å². The largest absolute Gasteiger partial charge is 0.326 e. The fourth-order valence-electron chi connectivity index (χ4n) is 2.09. The molecular formula is C16H12ClFN2S. The number of halogens is 2. The second-order valence-electron chi connectivity index (χ2n) is 4.49. The van der Waals surface area contributed by atoms with Gasteiger partial charge in [0.2, 0.25) is 0 Å². The van der Waals surface area contributed by atoms with E-state index in [4.69, 9.17) is 17.3 Å². The van der Waals surface area contributed by atoms with E-state index in [-0.39, 0.29) is 5.82 Å². The van der Waals surface area contributed by atoms with E-state index in [1.54, 1.807) is 6.07 Å². The maximum absolute atomic E-state index is 14.0. The first kappa shape index (κ1) is 14.2. The summed E-state index contributed by atoms with van der Waals surface area (Å²) in [5, 5.41) is 1.08. The number of rotatable bonds is 3. The van der Waals surface area contributed by atoms with Gasteiger partial charge in [0.25, 0.3) is 0 Å². The molecule has 2 aromatic carbocycles. The molecule has 1 heterocycles. The second kappa shape index (κ2) is 5.93. The summed E-state index contributed by atoms with van der Waals surface area (Å²) in [5.74, 6) is -0.337. The molecule has 0 amide bonds. The Balaban J connectivity index is 2.14. The molecule has 106 valence electrons. The highest BCUT2D eigenvalue weighted by atomic mass is 35.5. The second-order valence-corrected chi connectivity index (χ2v) is 6.01. The molecule has 0 saturated heterocycles. The highest BCUT2D eigenvalue weighted by Gasteiger charge is 2.16. The molecule has 5 heteroatoms. The lowest BCUT2D eigenvalue weighted by Gasteiger charge is -2.00. The Labute approximate surface area is 131 Å². The Morgan fingerprint density at radius 3 is 2.62 bits per heavy atom. The van der Waals surface area contributed by atoms with Gasteiger partial charge in [0, 0.05) is 27.6 Å². The quantitative estimate of drug-likeness (QED) is 0.758. The van der Waals surface area contributed by atoms with E-state index in [9.17, 15) is 4.39 Å². The number of hydrogen-bond donors (Lipinski definition) is 1. The van der Waals surface area contributed by atoms with E-state index >= 15 is 0 Å². The van der Waals surface area contributed by atoms with Crippen molar-refractivity contribution in [1.29, 1.82) is 0 Å². The predicted octanol–water partition coefficient (Wildman–Crippen LogP) is 4.73. The van der Waals surface area contributed by atoms with Gasteiger partial charge in [0.1, 0.15) is 10.8 Å². The van der Waals surface area contributed by atoms with E-state index in [1.807, 2.05) is 30.3 Å². The van der Waals surface area contributed by atoms with Crippen LogP contribution in [0.15, 0.2) is 48.5 Å². The van der Waals surface area contributed by atoms with Crippen LogP contribution >= 0.6 is 22.9 Å². The van der Waals surface area contributed by atoms with Crippen LogP contribution in [0.25, 0.3) is 21.8 Å². The third-order valence-electron chi connectivity index (χ3n) is 3.09. The molecule has 3 aromatic rings. The molecule has 0 radical (unpaired) electrons. The summed E-state index contributed by atoms with van der Waals surface area (Å²) in [6, 6.07) is 14.2. The van der Waals surface area contributed by atoms with Crippen molar-refractivity contribution in [2.24, 2.45) is 5.73 Å². The van der Waals surface area contributed by atoms with E-state index in [0.717, 1.165) is 16.1 Å². The van der Waals surface area contributed by atoms with Gasteiger partial charge in [-0.15, -0.1) is 11.3 Å². The number of hydrogen-bond acceptors (Lipinski definition) is 3. The van der Waals surface area contributed by atoms with Gasteiger partial charge >= 0.3 is 0 Å². The zero-order chi connectivity index (χ0) is 14.8. The molecule has 0 spiro atoms. The Hall–Kier alpha value is -1.75. The van der Waals surface area contributed by atoms with Crippen molar-refractivity contribution in [3.05, 3.63) is 64.2 Å². The molecule has 0 aliphatic heterocycles. The maximum atomic E-state index is 14.0. The van der Waals surface area contributed by atoms with Gasteiger partial charge in [-0.1, -0.05) is 41.9 Å². The normalized spacial score (nSPS) is 10.8. The third-order valence-corrected chi connectivity index (χ3v) is 4.43. The van der Waals surface area contributed by atoms with Gasteiger partial charge in [-0.05, 0) is 18.2 Å². The van der Waals surface area contributed by atoms with Crippen LogP contribution in [0, 0.1) is 5.82 Å². The summed E-state index contributed by atoms with van der Waals surface area (Å²) in [5.41, 5.74) is 7.98. The Morgan fingerprint density at radius 1 is 1.14 bits per heavy atom. The van der Waals surface area contributed by atoms with Crippen LogP contribution < -0.4 is 5.73 Å². The fraction of sp³-hybridized carbons (Fsp3) is 0.0625. The summed E-state index contributed by atoms with van der Waals surface area (Å²) in [6.45, 7) is 0.365. The van der Waals surface area contributed by atoms with Crippen LogP contribution in [-0.4, -0.2) is 4.98 Å². The van der Waals surface area contributed by atoms with Crippen molar-refractivity contribution in [2.45, 2.75) is 6.54 Å². The molecular weight excluding hydrogens is 307 g/mol. The number of thiazole rings is 1. The van der Waals surface area contributed by atoms with Crippen LogP contribution in [-0.2, 0) is 6.54 Å². The molecule has 0 unspecified atom stereocenters. The van der Waals surface area contributed by atoms with Crippen LogP contribution in [0.3, 0.4) is 0 Å². The minimum atomic E-state index is -0.337. The summed E-state index contributed by atoms with van der Waals surface area (Å²) in [4.78, 5) is 5.49. The molecule has 1 aromatic heterocycles. The number of benzene rings is 2. The summed E-state index contributed by atoms with van der Waals surface area (Å²) in [6.07, 6.45) is 0. The van der Waals surface area contributed by atoms with Crippen molar-refractivity contribution in [1.82, 2.24) is 4.98 Å². The highest BCUT2D eigenvalue weighted by molar-refractivity contribution is 7.15. The van der Waals surface area contributed by atoms with Crippen molar-refractivity contribution in [3.63, 3.8) is 0 Å². The van der Waals surface area contributed by atoms with Crippen LogP contribution in [0.4, 0.5) is 4.39 Å². The molecule has 0 bridgehead atoms. The third kappa shape index (κ3) is 2.83. The Morgan fingerprint density at radius 2 is 1.90 bits per heavy atom. The van der Waals surface area contributed by atoms with Crippen LogP contribution in [0.1, 0.15) is 4.88 Å². The fourth-order valence-corrected chi connectivity index (χ4v) is 3.24. The average molecular weight is 319 g/mol. The van der Waals surface area contributed by atoms with Gasteiger partial charge in [-0.25, -0.2) is 9.37 Å². The lowest BCUT2D eigenvalue weighted by molar-refractivity contribution is 0.631. The van der Waals surface area contributed by atoms with E-state index in [0.29, 0.717) is 22.1 Å². The Bertz CT molecular complexity index is 771. The van der Waals surface area contributed by atoms with Gasteiger partial charge in [0.15, 0.2) is 0 Å². The minimum absolute atomic E-state index is 0.337. The minimum Gasteiger partial charge on any atom is -0.326 e. The first-order valence-electron chi connectivity index (χ1n) is 6.39. The van der Waals surface area contributed by atoms with E-state index in [2.05, 4.69) is 4.98 Å². The standard InChI is InChI=1S/C16H12ClFN2S/c17-11-6-7-13(18)12(8-11)16-20-15(14(9-19)21-16)10-4-2-1-3-5-10/h1-8H,9,19H2. The summed E-state index contributed by atoms with van der Waals surface area (Å²) >= 11 is 7.35. The van der Waals surface area contributed by atoms with E-state index < -0.39 is 0 Å². The molecule has 0 fully saturated rings. The number of nitrogens with two attached hydrogens (primary N) is 1. The number of aromatic nitrogens is 1. The topological polar surface area (TPSA) is 38.9 Å². The maximum Gasteiger partial charge on any atom is 0.133 e. The van der Waals surface area contributed by atoms with E-state index in [1.165, 1.54) is 23.5 Å². The van der Waals surface area contributed by atoms with Crippen LogP contribution in [0.5, 0.6) is 0 Å². The highest BCUT2D eigenvalue weighted by Crippen LogP contribution is 2.35. The molecule has 0 atom stereocenters. The average Bonchev–Trinajstić information content (AvgIpc) is 2.94. The first-order chi connectivity index (χ1) is 10.2. The SMILES string of the molecule is NCc1sc(-c2cc(Cl)ccc2F)nc1-c1ccccc1. The molecule has 0 aliphatic carbocycles. The van der Waals surface area contributed by atoms with Crippen LogP contribution in [0.2, 0.25) is 5.02 Å². The zero-order valence-corrected chi connectivity index (χ0v) is 12.6. The lowest BCUT2D eigenvalue weighted by Crippen LogP contribution is -1.95. The van der Waals surface area contributed by atoms with Gasteiger partial charge in [-0.3, -0.25) is 0 Å². The molecule has 0 saturated carbocycles. The molecule has 3 rings (SSSR count). The van der Waals surface area contributed by atoms with Gasteiger partial charge in [-0.2, -0.15) is 0 Å². The predicted molar refractivity (Wildman–Crippen MR) is 85.8 cm³/mol. The lowest BCUT2D eigenvalue weighted by atomic mass is 10.1. The van der Waals surface area contributed by atoms with Crippen molar-refractivity contribution in [3.8, 4) is 21.8 Å². The smallest absolute Gasteiger partial charge is 0.133 e. The van der Waals surface area contributed by atoms with Crippen molar-refractivity contribution >= 4 is 22.9 Å². The summed E-state index contributed by atoms with van der Waals surface area (Å²) in [7, 11) is 0. The van der Waals surface area contributed by atoms with Gasteiger partial charge in [0.05, 0.1) is 5.69 Å². The molecule has 2 N–H and O–H groups in total. The molecule has 0 aliphatic rings. The number of nitrogens with zero attached hydrogens (tertiary/aromatic N) is 1. The first-order valence-corrected chi connectivity index (χ1v) is 7.59.